The van der Waals surface area contributed by atoms with Crippen LogP contribution < -0.4 is 5.46 Å². The minimum Gasteiger partial charge on any atom is -0.445 e. The Morgan fingerprint density at radius 3 is 2.08 bits per heavy atom. The van der Waals surface area contributed by atoms with Crippen LogP contribution in [0.2, 0.25) is 0 Å². The average molecular weight is 191 g/mol. The first-order chi connectivity index (χ1) is 5.71. The maximum absolute atomic E-state index is 12.2. The van der Waals surface area contributed by atoms with Gasteiger partial charge in [0.25, 0.3) is 0 Å². The van der Waals surface area contributed by atoms with Gasteiger partial charge in [0.15, 0.2) is 0 Å². The molecule has 74 valence electrons. The predicted octanol–water partition coefficient (Wildman–Crippen LogP) is 1.69. The van der Waals surface area contributed by atoms with Crippen LogP contribution in [0.1, 0.15) is 20.8 Å². The van der Waals surface area contributed by atoms with E-state index in [0.717, 1.165) is 12.4 Å². The standard InChI is InChI=1S/C7H11BF3N2/c1-7(2,3)13-5-6(4-12-13)8(9,10)11/h4-5H,1-3H3/q-1. The lowest BCUT2D eigenvalue weighted by molar-refractivity contribution is 0.355. The van der Waals surface area contributed by atoms with E-state index >= 15 is 0 Å². The number of hydrogen-bond acceptors (Lipinski definition) is 1. The predicted molar refractivity (Wildman–Crippen MR) is 45.9 cm³/mol. The summed E-state index contributed by atoms with van der Waals surface area (Å²) in [6, 6.07) is 0. The van der Waals surface area contributed by atoms with Gasteiger partial charge in [0.1, 0.15) is 0 Å². The highest BCUT2D eigenvalue weighted by Crippen LogP contribution is 2.13. The number of halogens is 3. The number of rotatable bonds is 1. The summed E-state index contributed by atoms with van der Waals surface area (Å²) in [5, 5.41) is 3.67. The minimum atomic E-state index is -4.92. The molecule has 0 amide bonds. The van der Waals surface area contributed by atoms with E-state index in [0.29, 0.717) is 0 Å². The molecule has 1 aromatic heterocycles. The molecule has 0 spiro atoms. The van der Waals surface area contributed by atoms with Gasteiger partial charge in [-0.05, 0) is 27.0 Å². The van der Waals surface area contributed by atoms with Gasteiger partial charge in [-0.2, -0.15) is 5.10 Å². The summed E-state index contributed by atoms with van der Waals surface area (Å²) in [5.41, 5.74) is -1.05. The molecule has 6 heteroatoms. The molecule has 0 saturated carbocycles. The summed E-state index contributed by atoms with van der Waals surface area (Å²) >= 11 is 0. The van der Waals surface area contributed by atoms with Gasteiger partial charge < -0.3 is 12.9 Å². The summed E-state index contributed by atoms with van der Waals surface area (Å²) in [6.07, 6.45) is 1.91. The van der Waals surface area contributed by atoms with Gasteiger partial charge in [-0.25, -0.2) is 0 Å². The van der Waals surface area contributed by atoms with Crippen molar-refractivity contribution in [2.24, 2.45) is 0 Å². The van der Waals surface area contributed by atoms with Gasteiger partial charge in [-0.15, -0.1) is 0 Å². The van der Waals surface area contributed by atoms with E-state index in [1.165, 1.54) is 4.68 Å². The zero-order valence-corrected chi connectivity index (χ0v) is 7.76. The quantitative estimate of drug-likeness (QED) is 0.617. The van der Waals surface area contributed by atoms with Crippen molar-refractivity contribution in [2.75, 3.05) is 0 Å². The molecule has 1 aromatic rings. The van der Waals surface area contributed by atoms with Crippen molar-refractivity contribution >= 4 is 12.4 Å². The molecule has 0 aliphatic carbocycles. The zero-order chi connectivity index (χ0) is 10.3. The molecule has 0 atom stereocenters. The third-order valence-corrected chi connectivity index (χ3v) is 1.67. The van der Waals surface area contributed by atoms with E-state index < -0.39 is 18.0 Å². The molecule has 0 bridgehead atoms. The lowest BCUT2D eigenvalue weighted by Gasteiger charge is -2.19. The maximum Gasteiger partial charge on any atom is 0.512 e. The molecule has 0 unspecified atom stereocenters. The van der Waals surface area contributed by atoms with E-state index in [4.69, 9.17) is 0 Å². The Hall–Kier alpha value is -0.935. The maximum atomic E-state index is 12.2. The molecule has 1 heterocycles. The number of nitrogens with zero attached hydrogens (tertiary/aromatic N) is 2. The van der Waals surface area contributed by atoms with Crippen molar-refractivity contribution < 1.29 is 12.9 Å². The van der Waals surface area contributed by atoms with Gasteiger partial charge in [0, 0.05) is 6.20 Å². The van der Waals surface area contributed by atoms with Crippen LogP contribution in [0.4, 0.5) is 12.9 Å². The molecule has 2 nitrogen and oxygen atoms in total. The van der Waals surface area contributed by atoms with E-state index in [-0.39, 0.29) is 0 Å². The van der Waals surface area contributed by atoms with Crippen molar-refractivity contribution in [2.45, 2.75) is 26.3 Å². The lowest BCUT2D eigenvalue weighted by Crippen LogP contribution is -2.33. The fraction of sp³-hybridized carbons (Fsp3) is 0.571. The van der Waals surface area contributed by atoms with Crippen LogP contribution in [0.15, 0.2) is 12.4 Å². The first kappa shape index (κ1) is 10.1. The zero-order valence-electron chi connectivity index (χ0n) is 7.76. The third kappa shape index (κ3) is 2.26. The van der Waals surface area contributed by atoms with Crippen LogP contribution in [0, 0.1) is 0 Å². The van der Waals surface area contributed by atoms with E-state index in [2.05, 4.69) is 5.10 Å². The van der Waals surface area contributed by atoms with E-state index in [1.807, 2.05) is 0 Å². The summed E-state index contributed by atoms with van der Waals surface area (Å²) in [7, 11) is 0. The smallest absolute Gasteiger partial charge is 0.445 e. The van der Waals surface area contributed by atoms with E-state index in [9.17, 15) is 12.9 Å². The van der Waals surface area contributed by atoms with Gasteiger partial charge in [0.2, 0.25) is 0 Å². The Balaban J connectivity index is 3.01. The fourth-order valence-corrected chi connectivity index (χ4v) is 0.873. The Bertz CT molecular complexity index is 269. The lowest BCUT2D eigenvalue weighted by atomic mass is 9.83. The Kier molecular flexibility index (Phi) is 2.17. The SMILES string of the molecule is CC(C)(C)n1cc([B-](F)(F)F)cn1. The largest absolute Gasteiger partial charge is 0.512 e. The Morgan fingerprint density at radius 1 is 1.31 bits per heavy atom. The summed E-state index contributed by atoms with van der Waals surface area (Å²) in [6.45, 7) is 0.477. The summed E-state index contributed by atoms with van der Waals surface area (Å²) in [5.74, 6) is 0. The molecule has 0 aliphatic rings. The normalized spacial score (nSPS) is 13.4. The molecule has 0 N–H and O–H groups in total. The van der Waals surface area contributed by atoms with Crippen LogP contribution in [0.25, 0.3) is 0 Å². The van der Waals surface area contributed by atoms with Gasteiger partial charge in [-0.1, -0.05) is 5.46 Å². The molecular formula is C7H11BF3N2-. The molecule has 1 rings (SSSR count). The van der Waals surface area contributed by atoms with E-state index in [1.54, 1.807) is 20.8 Å². The number of aromatic nitrogens is 2. The second-order valence-electron chi connectivity index (χ2n) is 3.96. The van der Waals surface area contributed by atoms with Crippen molar-refractivity contribution in [1.29, 1.82) is 0 Å². The molecule has 0 aromatic carbocycles. The second-order valence-corrected chi connectivity index (χ2v) is 3.96. The van der Waals surface area contributed by atoms with Crippen molar-refractivity contribution in [3.8, 4) is 0 Å². The van der Waals surface area contributed by atoms with Crippen LogP contribution in [-0.2, 0) is 5.54 Å². The van der Waals surface area contributed by atoms with Crippen molar-refractivity contribution in [3.63, 3.8) is 0 Å². The molecule has 0 saturated heterocycles. The van der Waals surface area contributed by atoms with Crippen LogP contribution in [-0.4, -0.2) is 16.8 Å². The monoisotopic (exact) mass is 191 g/mol. The molecular weight excluding hydrogens is 180 g/mol. The summed E-state index contributed by atoms with van der Waals surface area (Å²) < 4.78 is 37.9. The van der Waals surface area contributed by atoms with Crippen LogP contribution >= 0.6 is 0 Å². The van der Waals surface area contributed by atoms with Crippen LogP contribution in [0.5, 0.6) is 0 Å². The first-order valence-electron chi connectivity index (χ1n) is 3.96. The van der Waals surface area contributed by atoms with Gasteiger partial charge >= 0.3 is 6.98 Å². The second kappa shape index (κ2) is 2.78. The van der Waals surface area contributed by atoms with Gasteiger partial charge in [-0.3, -0.25) is 4.68 Å². The molecule has 13 heavy (non-hydrogen) atoms. The third-order valence-electron chi connectivity index (χ3n) is 1.67. The average Bonchev–Trinajstić information content (AvgIpc) is 2.28. The van der Waals surface area contributed by atoms with Gasteiger partial charge in [0.05, 0.1) is 5.54 Å². The van der Waals surface area contributed by atoms with Crippen LogP contribution in [0.3, 0.4) is 0 Å². The first-order valence-corrected chi connectivity index (χ1v) is 3.96. The molecule has 0 radical (unpaired) electrons. The Morgan fingerprint density at radius 2 is 1.85 bits per heavy atom. The Labute approximate surface area is 74.8 Å². The number of hydrogen-bond donors (Lipinski definition) is 0. The highest BCUT2D eigenvalue weighted by atomic mass is 19.4. The molecule has 0 aliphatic heterocycles. The fourth-order valence-electron chi connectivity index (χ4n) is 0.873. The highest BCUT2D eigenvalue weighted by Gasteiger charge is 2.28. The highest BCUT2D eigenvalue weighted by molar-refractivity contribution is 6.73. The minimum absolute atomic E-state index is 0.403. The van der Waals surface area contributed by atoms with Crippen molar-refractivity contribution in [3.05, 3.63) is 12.4 Å². The summed E-state index contributed by atoms with van der Waals surface area (Å²) in [4.78, 5) is 0. The topological polar surface area (TPSA) is 17.8 Å². The van der Waals surface area contributed by atoms with Crippen molar-refractivity contribution in [1.82, 2.24) is 9.78 Å². The molecule has 0 fully saturated rings.